The summed E-state index contributed by atoms with van der Waals surface area (Å²) in [6.45, 7) is 7.20. The van der Waals surface area contributed by atoms with Crippen LogP contribution >= 0.6 is 0 Å². The second-order valence-electron chi connectivity index (χ2n) is 2.84. The molecule has 2 nitrogen and oxygen atoms in total. The maximum absolute atomic E-state index is 7.00. The van der Waals surface area contributed by atoms with Gasteiger partial charge in [-0.1, -0.05) is 0 Å². The maximum atomic E-state index is 7.00. The average Bonchev–Trinajstić information content (AvgIpc) is 2.42. The summed E-state index contributed by atoms with van der Waals surface area (Å²) in [5.74, 6) is 0. The Hall–Kier alpha value is -0.0800. The highest BCUT2D eigenvalue weighted by atomic mass is 16.2. The van der Waals surface area contributed by atoms with E-state index in [2.05, 4.69) is 18.7 Å². The predicted octanol–water partition coefficient (Wildman–Crippen LogP) is 1.10. The first kappa shape index (κ1) is 9.92. The molecule has 0 atom stereocenters. The number of nitrogens with zero attached hydrogens (tertiary/aromatic N) is 1. The van der Waals surface area contributed by atoms with Crippen LogP contribution in [0, 0.1) is 0 Å². The normalized spacial score (nSPS) is 18.9. The molecular weight excluding hydrogens is 126 g/mol. The summed E-state index contributed by atoms with van der Waals surface area (Å²) >= 11 is 0. The maximum Gasteiger partial charge on any atom is 0.0319 e. The standard InChI is InChI=1S/C7H15N.CH4O/c1-7(2)8-5-3-4-6-8;1-2/h7H,3-6H2,1-2H3;2H,1H3. The Morgan fingerprint density at radius 1 is 1.10 bits per heavy atom. The van der Waals surface area contributed by atoms with Gasteiger partial charge in [0.1, 0.15) is 0 Å². The molecule has 0 bridgehead atoms. The molecular formula is C8H19NO. The monoisotopic (exact) mass is 145 g/mol. The van der Waals surface area contributed by atoms with Gasteiger partial charge >= 0.3 is 0 Å². The number of likely N-dealkylation sites (tertiary alicyclic amines) is 1. The zero-order valence-electron chi connectivity index (χ0n) is 7.30. The molecule has 0 aliphatic carbocycles. The third kappa shape index (κ3) is 3.18. The van der Waals surface area contributed by atoms with Crippen LogP contribution in [0.4, 0.5) is 0 Å². The third-order valence-corrected chi connectivity index (χ3v) is 1.87. The minimum atomic E-state index is 0.775. The zero-order valence-corrected chi connectivity index (χ0v) is 7.30. The van der Waals surface area contributed by atoms with Crippen LogP contribution in [0.1, 0.15) is 26.7 Å². The first-order valence-corrected chi connectivity index (χ1v) is 3.99. The van der Waals surface area contributed by atoms with Gasteiger partial charge in [-0.15, -0.1) is 0 Å². The summed E-state index contributed by atoms with van der Waals surface area (Å²) in [7, 11) is 1.00. The van der Waals surface area contributed by atoms with Crippen molar-refractivity contribution in [2.24, 2.45) is 0 Å². The number of hydrogen-bond acceptors (Lipinski definition) is 2. The lowest BCUT2D eigenvalue weighted by Crippen LogP contribution is -2.26. The van der Waals surface area contributed by atoms with E-state index >= 15 is 0 Å². The Kier molecular flexibility index (Phi) is 5.64. The van der Waals surface area contributed by atoms with Crippen LogP contribution < -0.4 is 0 Å². The topological polar surface area (TPSA) is 23.5 Å². The van der Waals surface area contributed by atoms with Gasteiger partial charge in [0.2, 0.25) is 0 Å². The minimum absolute atomic E-state index is 0.775. The highest BCUT2D eigenvalue weighted by molar-refractivity contribution is 4.68. The van der Waals surface area contributed by atoms with E-state index in [9.17, 15) is 0 Å². The van der Waals surface area contributed by atoms with E-state index in [0.717, 1.165) is 13.2 Å². The SMILES string of the molecule is CC(C)N1CCCC1.CO. The number of hydrogen-bond donors (Lipinski definition) is 1. The van der Waals surface area contributed by atoms with Crippen LogP contribution in [0.5, 0.6) is 0 Å². The lowest BCUT2D eigenvalue weighted by atomic mass is 10.3. The molecule has 1 aliphatic heterocycles. The van der Waals surface area contributed by atoms with Gasteiger partial charge in [0.15, 0.2) is 0 Å². The Morgan fingerprint density at radius 3 is 1.70 bits per heavy atom. The summed E-state index contributed by atoms with van der Waals surface area (Å²) in [4.78, 5) is 2.53. The Balaban J connectivity index is 0.000000371. The minimum Gasteiger partial charge on any atom is -0.400 e. The molecule has 1 N–H and O–H groups in total. The number of aliphatic hydroxyl groups excluding tert-OH is 1. The van der Waals surface area contributed by atoms with Crippen LogP contribution in [-0.2, 0) is 0 Å². The smallest absolute Gasteiger partial charge is 0.0319 e. The summed E-state index contributed by atoms with van der Waals surface area (Å²) < 4.78 is 0. The first-order chi connectivity index (χ1) is 4.80. The van der Waals surface area contributed by atoms with E-state index in [1.165, 1.54) is 25.9 Å². The van der Waals surface area contributed by atoms with Gasteiger partial charge in [-0.3, -0.25) is 0 Å². The van der Waals surface area contributed by atoms with Crippen molar-refractivity contribution >= 4 is 0 Å². The molecule has 1 aliphatic rings. The van der Waals surface area contributed by atoms with Gasteiger partial charge in [0.25, 0.3) is 0 Å². The molecule has 0 aromatic heterocycles. The molecule has 2 heteroatoms. The second-order valence-corrected chi connectivity index (χ2v) is 2.84. The Morgan fingerprint density at radius 2 is 1.50 bits per heavy atom. The van der Waals surface area contributed by atoms with Gasteiger partial charge < -0.3 is 10.0 Å². The van der Waals surface area contributed by atoms with Gasteiger partial charge in [-0.25, -0.2) is 0 Å². The molecule has 0 saturated carbocycles. The van der Waals surface area contributed by atoms with Gasteiger partial charge in [0, 0.05) is 13.2 Å². The van der Waals surface area contributed by atoms with E-state index in [-0.39, 0.29) is 0 Å². The molecule has 10 heavy (non-hydrogen) atoms. The van der Waals surface area contributed by atoms with Crippen LogP contribution in [0.3, 0.4) is 0 Å². The summed E-state index contributed by atoms with van der Waals surface area (Å²) in [5, 5.41) is 7.00. The molecule has 1 rings (SSSR count). The van der Waals surface area contributed by atoms with Gasteiger partial charge in [0.05, 0.1) is 0 Å². The fraction of sp³-hybridized carbons (Fsp3) is 1.00. The zero-order chi connectivity index (χ0) is 7.98. The molecule has 0 unspecified atom stereocenters. The molecule has 1 heterocycles. The van der Waals surface area contributed by atoms with Crippen molar-refractivity contribution in [1.82, 2.24) is 4.90 Å². The second kappa shape index (κ2) is 5.69. The van der Waals surface area contributed by atoms with E-state index in [1.54, 1.807) is 0 Å². The van der Waals surface area contributed by atoms with E-state index in [4.69, 9.17) is 5.11 Å². The summed E-state index contributed by atoms with van der Waals surface area (Å²) in [5.41, 5.74) is 0. The first-order valence-electron chi connectivity index (χ1n) is 3.99. The van der Waals surface area contributed by atoms with Crippen molar-refractivity contribution in [3.05, 3.63) is 0 Å². The average molecular weight is 145 g/mol. The van der Waals surface area contributed by atoms with Crippen LogP contribution in [0.2, 0.25) is 0 Å². The van der Waals surface area contributed by atoms with Crippen molar-refractivity contribution in [2.75, 3.05) is 20.2 Å². The number of rotatable bonds is 1. The molecule has 0 aromatic rings. The molecule has 62 valence electrons. The van der Waals surface area contributed by atoms with Crippen molar-refractivity contribution in [1.29, 1.82) is 0 Å². The third-order valence-electron chi connectivity index (χ3n) is 1.87. The highest BCUT2D eigenvalue weighted by Gasteiger charge is 2.13. The molecule has 1 fully saturated rings. The largest absolute Gasteiger partial charge is 0.400 e. The van der Waals surface area contributed by atoms with Crippen LogP contribution in [0.15, 0.2) is 0 Å². The Labute approximate surface area is 63.8 Å². The van der Waals surface area contributed by atoms with Crippen molar-refractivity contribution < 1.29 is 5.11 Å². The summed E-state index contributed by atoms with van der Waals surface area (Å²) in [6, 6.07) is 0.775. The molecule has 0 aromatic carbocycles. The van der Waals surface area contributed by atoms with Crippen molar-refractivity contribution in [3.63, 3.8) is 0 Å². The van der Waals surface area contributed by atoms with Crippen LogP contribution in [-0.4, -0.2) is 36.2 Å². The fourth-order valence-electron chi connectivity index (χ4n) is 1.26. The summed E-state index contributed by atoms with van der Waals surface area (Å²) in [6.07, 6.45) is 2.83. The van der Waals surface area contributed by atoms with E-state index in [1.807, 2.05) is 0 Å². The van der Waals surface area contributed by atoms with E-state index in [0.29, 0.717) is 0 Å². The van der Waals surface area contributed by atoms with E-state index < -0.39 is 0 Å². The van der Waals surface area contributed by atoms with Gasteiger partial charge in [-0.05, 0) is 39.8 Å². The van der Waals surface area contributed by atoms with Crippen LogP contribution in [0.25, 0.3) is 0 Å². The Bertz CT molecular complexity index is 67.7. The lowest BCUT2D eigenvalue weighted by Gasteiger charge is -2.18. The predicted molar refractivity (Wildman–Crippen MR) is 44.1 cm³/mol. The van der Waals surface area contributed by atoms with Crippen molar-refractivity contribution in [3.8, 4) is 0 Å². The van der Waals surface area contributed by atoms with Crippen molar-refractivity contribution in [2.45, 2.75) is 32.7 Å². The highest BCUT2D eigenvalue weighted by Crippen LogP contribution is 2.09. The fourth-order valence-corrected chi connectivity index (χ4v) is 1.26. The molecule has 1 saturated heterocycles. The number of aliphatic hydroxyl groups is 1. The molecule has 0 amide bonds. The molecule has 0 radical (unpaired) electrons. The van der Waals surface area contributed by atoms with Gasteiger partial charge in [-0.2, -0.15) is 0 Å². The quantitative estimate of drug-likeness (QED) is 0.597. The lowest BCUT2D eigenvalue weighted by molar-refractivity contribution is 0.276. The molecule has 0 spiro atoms.